The molecule has 0 aromatic carbocycles. The molecule has 0 N–H and O–H groups in total. The van der Waals surface area contributed by atoms with E-state index in [0.717, 1.165) is 5.92 Å². The van der Waals surface area contributed by atoms with Crippen LogP contribution in [0.2, 0.25) is 0 Å². The van der Waals surface area contributed by atoms with Gasteiger partial charge in [-0.3, -0.25) is 0 Å². The molecule has 0 nitrogen and oxygen atoms in total. The summed E-state index contributed by atoms with van der Waals surface area (Å²) >= 11 is 10.1. The van der Waals surface area contributed by atoms with Crippen LogP contribution in [0.25, 0.3) is 0 Å². The minimum Gasteiger partial charge on any atom is -0.123 e. The van der Waals surface area contributed by atoms with Crippen LogP contribution < -0.4 is 0 Å². The average molecular weight is 438 g/mol. The van der Waals surface area contributed by atoms with Crippen molar-refractivity contribution in [2.45, 2.75) is 69.0 Å². The lowest BCUT2D eigenvalue weighted by molar-refractivity contribution is 0.146. The van der Waals surface area contributed by atoms with Crippen molar-refractivity contribution in [2.75, 3.05) is 0 Å². The van der Waals surface area contributed by atoms with E-state index < -0.39 is 0 Å². The largest absolute Gasteiger partial charge is 0.123 e. The van der Waals surface area contributed by atoms with Gasteiger partial charge in [-0.25, -0.2) is 0 Å². The number of allylic oxidation sites excluding steroid dienone is 7. The van der Waals surface area contributed by atoms with Gasteiger partial charge in [-0.2, -0.15) is 0 Å². The lowest BCUT2D eigenvalue weighted by Gasteiger charge is -2.42. The summed E-state index contributed by atoms with van der Waals surface area (Å²) in [4.78, 5) is 0.508. The number of alkyl halides is 2. The van der Waals surface area contributed by atoms with Crippen LogP contribution >= 0.6 is 27.5 Å². The third kappa shape index (κ3) is 5.16. The summed E-state index contributed by atoms with van der Waals surface area (Å²) in [7, 11) is 0. The number of rotatable bonds is 2. The van der Waals surface area contributed by atoms with Crippen LogP contribution in [0.4, 0.5) is 0 Å². The lowest BCUT2D eigenvalue weighted by atomic mass is 9.64. The van der Waals surface area contributed by atoms with Crippen molar-refractivity contribution in [3.8, 4) is 0 Å². The van der Waals surface area contributed by atoms with E-state index in [1.165, 1.54) is 50.5 Å². The zero-order valence-electron chi connectivity index (χ0n) is 16.3. The fraction of sp³-hybridized carbons (Fsp3) is 0.667. The van der Waals surface area contributed by atoms with E-state index in [2.05, 4.69) is 72.8 Å². The van der Waals surface area contributed by atoms with Crippen LogP contribution in [0.1, 0.15) is 58.8 Å². The second-order valence-corrected chi connectivity index (χ2v) is 11.1. The van der Waals surface area contributed by atoms with E-state index >= 15 is 0 Å². The van der Waals surface area contributed by atoms with Gasteiger partial charge < -0.3 is 0 Å². The molecule has 0 aromatic heterocycles. The molecule has 0 spiro atoms. The molecule has 1 fully saturated rings. The van der Waals surface area contributed by atoms with Crippen LogP contribution in [-0.4, -0.2) is 10.2 Å². The monoisotopic (exact) mass is 436 g/mol. The van der Waals surface area contributed by atoms with Crippen molar-refractivity contribution in [3.63, 3.8) is 0 Å². The molecule has 0 bridgehead atoms. The third-order valence-electron chi connectivity index (χ3n) is 6.88. The highest BCUT2D eigenvalue weighted by Crippen LogP contribution is 2.47. The Morgan fingerprint density at radius 2 is 1.81 bits per heavy atom. The normalized spacial score (nSPS) is 41.9. The molecule has 144 valence electrons. The zero-order chi connectivity index (χ0) is 18.7. The van der Waals surface area contributed by atoms with Crippen molar-refractivity contribution < 1.29 is 0 Å². The zero-order valence-corrected chi connectivity index (χ0v) is 18.7. The van der Waals surface area contributed by atoms with E-state index in [1.807, 2.05) is 0 Å². The maximum atomic E-state index is 6.25. The molecule has 2 heteroatoms. The van der Waals surface area contributed by atoms with Crippen LogP contribution in [0.15, 0.2) is 48.6 Å². The summed E-state index contributed by atoms with van der Waals surface area (Å²) in [6.45, 7) is 9.36. The Balaban J connectivity index is 1.72. The predicted molar refractivity (Wildman–Crippen MR) is 119 cm³/mol. The van der Waals surface area contributed by atoms with Gasteiger partial charge >= 0.3 is 0 Å². The van der Waals surface area contributed by atoms with E-state index in [-0.39, 0.29) is 0 Å². The number of fused-ring (bicyclic) bond motifs is 1. The van der Waals surface area contributed by atoms with E-state index in [0.29, 0.717) is 33.4 Å². The quantitative estimate of drug-likeness (QED) is 0.305. The van der Waals surface area contributed by atoms with Gasteiger partial charge in [0.05, 0.1) is 0 Å². The highest BCUT2D eigenvalue weighted by atomic mass is 79.9. The van der Waals surface area contributed by atoms with E-state index in [9.17, 15) is 0 Å². The first kappa shape index (κ1) is 20.5. The molecule has 4 unspecified atom stereocenters. The second kappa shape index (κ2) is 8.82. The second-order valence-electron chi connectivity index (χ2n) is 9.29. The molecule has 0 aromatic rings. The topological polar surface area (TPSA) is 0 Å². The third-order valence-corrected chi connectivity index (χ3v) is 8.00. The molecule has 1 saturated carbocycles. The smallest absolute Gasteiger partial charge is 0.0336 e. The SMILES string of the molecule is C=C1/C=C\C(/C=C/C2CCC(Cl)CC2)CCC(C)(C)C2CC(Br)C=CC12. The van der Waals surface area contributed by atoms with Crippen molar-refractivity contribution in [1.82, 2.24) is 0 Å². The van der Waals surface area contributed by atoms with Crippen LogP contribution in [0.3, 0.4) is 0 Å². The summed E-state index contributed by atoms with van der Waals surface area (Å²) in [5.74, 6) is 2.40. The highest BCUT2D eigenvalue weighted by molar-refractivity contribution is 9.09. The Morgan fingerprint density at radius 1 is 1.08 bits per heavy atom. The van der Waals surface area contributed by atoms with Crippen LogP contribution in [0.5, 0.6) is 0 Å². The molecule has 3 rings (SSSR count). The van der Waals surface area contributed by atoms with Gasteiger partial charge in [-0.1, -0.05) is 72.8 Å². The summed E-state index contributed by atoms with van der Waals surface area (Å²) in [5, 5.41) is 0.406. The van der Waals surface area contributed by atoms with Crippen molar-refractivity contribution >= 4 is 27.5 Å². The Hall–Kier alpha value is -0.270. The fourth-order valence-electron chi connectivity index (χ4n) is 4.94. The number of halogens is 2. The highest BCUT2D eigenvalue weighted by Gasteiger charge is 2.38. The van der Waals surface area contributed by atoms with Crippen molar-refractivity contribution in [2.24, 2.45) is 29.1 Å². The van der Waals surface area contributed by atoms with Crippen molar-refractivity contribution in [1.29, 1.82) is 0 Å². The number of hydrogen-bond donors (Lipinski definition) is 0. The van der Waals surface area contributed by atoms with Gasteiger partial charge in [0, 0.05) is 16.1 Å². The van der Waals surface area contributed by atoms with Gasteiger partial charge in [0.2, 0.25) is 0 Å². The molecule has 0 heterocycles. The van der Waals surface area contributed by atoms with Gasteiger partial charge in [0.1, 0.15) is 0 Å². The Labute approximate surface area is 174 Å². The fourth-order valence-corrected chi connectivity index (χ4v) is 5.77. The summed E-state index contributed by atoms with van der Waals surface area (Å²) in [5.41, 5.74) is 1.61. The molecule has 26 heavy (non-hydrogen) atoms. The molecule has 0 saturated heterocycles. The van der Waals surface area contributed by atoms with Crippen molar-refractivity contribution in [3.05, 3.63) is 48.6 Å². The summed E-state index contributed by atoms with van der Waals surface area (Å²) in [6, 6.07) is 0. The van der Waals surface area contributed by atoms with Crippen LogP contribution in [0, 0.1) is 29.1 Å². The van der Waals surface area contributed by atoms with Gasteiger partial charge in [0.15, 0.2) is 0 Å². The molecule has 3 aliphatic carbocycles. The molecule has 4 atom stereocenters. The standard InChI is InChI=1S/C24H34BrCl/c1-17-4-5-19(7-6-18-8-11-21(26)12-9-18)14-15-24(2,3)23-16-20(25)10-13-22(17)23/h4-7,10,13,18-23H,1,8-9,11-12,14-16H2,2-3H3/b5-4-,7-6+. The van der Waals surface area contributed by atoms with Gasteiger partial charge in [-0.15, -0.1) is 11.6 Å². The Bertz CT molecular complexity index is 577. The van der Waals surface area contributed by atoms with Gasteiger partial charge in [0.25, 0.3) is 0 Å². The molecular weight excluding hydrogens is 404 g/mol. The molecular formula is C24H34BrCl. The molecule has 3 aliphatic rings. The minimum absolute atomic E-state index is 0.333. The first-order chi connectivity index (χ1) is 12.3. The molecule has 0 amide bonds. The Kier molecular flexibility index (Phi) is 6.94. The van der Waals surface area contributed by atoms with E-state index in [1.54, 1.807) is 0 Å². The lowest BCUT2D eigenvalue weighted by Crippen LogP contribution is -2.34. The maximum absolute atomic E-state index is 6.25. The Morgan fingerprint density at radius 3 is 2.54 bits per heavy atom. The maximum Gasteiger partial charge on any atom is 0.0336 e. The average Bonchev–Trinajstić information content (AvgIpc) is 2.65. The first-order valence-electron chi connectivity index (χ1n) is 10.4. The van der Waals surface area contributed by atoms with Crippen LogP contribution in [-0.2, 0) is 0 Å². The predicted octanol–water partition coefficient (Wildman–Crippen LogP) is 7.84. The molecule has 0 aliphatic heterocycles. The minimum atomic E-state index is 0.333. The first-order valence-corrected chi connectivity index (χ1v) is 11.7. The van der Waals surface area contributed by atoms with E-state index in [4.69, 9.17) is 11.6 Å². The molecule has 0 radical (unpaired) electrons. The number of hydrogen-bond acceptors (Lipinski definition) is 0. The summed E-state index contributed by atoms with van der Waals surface area (Å²) < 4.78 is 0. The van der Waals surface area contributed by atoms with Gasteiger partial charge in [-0.05, 0) is 73.7 Å². The summed E-state index contributed by atoms with van der Waals surface area (Å²) in [6.07, 6.45) is 22.9.